The lowest BCUT2D eigenvalue weighted by Crippen LogP contribution is -2.36. The third-order valence-electron chi connectivity index (χ3n) is 5.57. The number of pyridine rings is 1. The summed E-state index contributed by atoms with van der Waals surface area (Å²) in [6.07, 6.45) is 9.71. The van der Waals surface area contributed by atoms with Crippen molar-refractivity contribution in [3.8, 4) is 5.88 Å². The van der Waals surface area contributed by atoms with Crippen molar-refractivity contribution in [2.75, 3.05) is 4.72 Å². The van der Waals surface area contributed by atoms with Crippen LogP contribution in [0.3, 0.4) is 0 Å². The third-order valence-corrected chi connectivity index (χ3v) is 6.93. The van der Waals surface area contributed by atoms with Gasteiger partial charge in [-0.1, -0.05) is 43.0 Å². The minimum Gasteiger partial charge on any atom is -0.470 e. The highest BCUT2D eigenvalue weighted by Gasteiger charge is 2.22. The number of hydrogen-bond acceptors (Lipinski definition) is 7. The van der Waals surface area contributed by atoms with Crippen LogP contribution in [0.5, 0.6) is 5.88 Å². The predicted molar refractivity (Wildman–Crippen MR) is 127 cm³/mol. The summed E-state index contributed by atoms with van der Waals surface area (Å²) in [5, 5.41) is 2.99. The molecule has 0 saturated heterocycles. The zero-order chi connectivity index (χ0) is 24.0. The molecule has 1 aromatic carbocycles. The van der Waals surface area contributed by atoms with Crippen LogP contribution in [0.25, 0.3) is 0 Å². The highest BCUT2D eigenvalue weighted by atomic mass is 32.2. The van der Waals surface area contributed by atoms with Gasteiger partial charge in [-0.25, -0.2) is 18.4 Å². The molecule has 9 nitrogen and oxygen atoms in total. The van der Waals surface area contributed by atoms with Crippen LogP contribution in [0.4, 0.5) is 5.82 Å². The van der Waals surface area contributed by atoms with Gasteiger partial charge in [-0.2, -0.15) is 0 Å². The molecular weight excluding hydrogens is 454 g/mol. The Balaban J connectivity index is 1.58. The topological polar surface area (TPSA) is 123 Å². The van der Waals surface area contributed by atoms with Crippen LogP contribution in [0.15, 0.2) is 59.9 Å². The Morgan fingerprint density at radius 3 is 2.56 bits per heavy atom. The minimum atomic E-state index is -3.94. The molecule has 34 heavy (non-hydrogen) atoms. The van der Waals surface area contributed by atoms with E-state index in [-0.39, 0.29) is 40.8 Å². The number of aromatic nitrogens is 3. The first-order valence-corrected chi connectivity index (χ1v) is 12.7. The molecule has 178 valence electrons. The van der Waals surface area contributed by atoms with E-state index in [2.05, 4.69) is 25.0 Å². The SMILES string of the molecule is Cc1ccc(S(=O)(=O)Nc2ncc(C(=O)NC3CCCCC3)nc2OCc2cccnc2)cc1. The van der Waals surface area contributed by atoms with Gasteiger partial charge < -0.3 is 10.1 Å². The van der Waals surface area contributed by atoms with Crippen LogP contribution in [0, 0.1) is 6.92 Å². The number of ether oxygens (including phenoxy) is 1. The smallest absolute Gasteiger partial charge is 0.271 e. The molecular formula is C24H27N5O4S. The standard InChI is InChI=1S/C24H27N5O4S/c1-17-9-11-20(12-10-17)34(31,32)29-22-24(33-16-18-6-5-13-25-14-18)28-21(15-26-22)23(30)27-19-7-3-2-4-8-19/h5-6,9-15,19H,2-4,7-8,16H2,1H3,(H,26,29)(H,27,30). The number of sulfonamides is 1. The number of benzene rings is 1. The van der Waals surface area contributed by atoms with Gasteiger partial charge in [0, 0.05) is 24.0 Å². The van der Waals surface area contributed by atoms with Crippen molar-refractivity contribution in [2.45, 2.75) is 56.6 Å². The van der Waals surface area contributed by atoms with Gasteiger partial charge in [-0.3, -0.25) is 14.5 Å². The van der Waals surface area contributed by atoms with Crippen molar-refractivity contribution in [2.24, 2.45) is 0 Å². The Hall–Kier alpha value is -3.53. The fourth-order valence-corrected chi connectivity index (χ4v) is 4.70. The van der Waals surface area contributed by atoms with Crippen LogP contribution in [0.2, 0.25) is 0 Å². The quantitative estimate of drug-likeness (QED) is 0.504. The molecule has 1 amide bonds. The molecule has 0 bridgehead atoms. The first-order chi connectivity index (χ1) is 16.4. The molecule has 0 spiro atoms. The number of nitrogens with zero attached hydrogens (tertiary/aromatic N) is 3. The van der Waals surface area contributed by atoms with Gasteiger partial charge >= 0.3 is 0 Å². The lowest BCUT2D eigenvalue weighted by atomic mass is 9.95. The summed E-state index contributed by atoms with van der Waals surface area (Å²) in [5.41, 5.74) is 1.76. The van der Waals surface area contributed by atoms with Gasteiger partial charge in [0.25, 0.3) is 21.8 Å². The van der Waals surface area contributed by atoms with E-state index >= 15 is 0 Å². The molecule has 2 N–H and O–H groups in total. The maximum Gasteiger partial charge on any atom is 0.271 e. The molecule has 0 aliphatic heterocycles. The predicted octanol–water partition coefficient (Wildman–Crippen LogP) is 3.62. The van der Waals surface area contributed by atoms with E-state index in [1.807, 2.05) is 13.0 Å². The fraction of sp³-hybridized carbons (Fsp3) is 0.333. The van der Waals surface area contributed by atoms with E-state index < -0.39 is 10.0 Å². The normalized spacial score (nSPS) is 14.4. The molecule has 0 atom stereocenters. The van der Waals surface area contributed by atoms with Crippen LogP contribution >= 0.6 is 0 Å². The molecule has 1 aliphatic carbocycles. The molecule has 2 heterocycles. The average molecular weight is 482 g/mol. The largest absolute Gasteiger partial charge is 0.470 e. The summed E-state index contributed by atoms with van der Waals surface area (Å²) in [7, 11) is -3.94. The first kappa shape index (κ1) is 23.6. The third kappa shape index (κ3) is 6.07. The molecule has 2 aromatic heterocycles. The molecule has 1 aliphatic rings. The van der Waals surface area contributed by atoms with E-state index in [0.717, 1.165) is 36.8 Å². The van der Waals surface area contributed by atoms with Crippen molar-refractivity contribution in [3.05, 3.63) is 71.8 Å². The summed E-state index contributed by atoms with van der Waals surface area (Å²) in [6, 6.07) is 10.1. The maximum absolute atomic E-state index is 12.9. The summed E-state index contributed by atoms with van der Waals surface area (Å²) >= 11 is 0. The first-order valence-electron chi connectivity index (χ1n) is 11.2. The van der Waals surface area contributed by atoms with Crippen molar-refractivity contribution in [3.63, 3.8) is 0 Å². The van der Waals surface area contributed by atoms with Gasteiger partial charge in [0.05, 0.1) is 11.1 Å². The summed E-state index contributed by atoms with van der Waals surface area (Å²) in [6.45, 7) is 1.95. The highest BCUT2D eigenvalue weighted by molar-refractivity contribution is 7.92. The summed E-state index contributed by atoms with van der Waals surface area (Å²) in [5.74, 6) is -0.548. The molecule has 10 heteroatoms. The molecule has 4 rings (SSSR count). The van der Waals surface area contributed by atoms with Crippen LogP contribution in [0.1, 0.15) is 53.7 Å². The zero-order valence-electron chi connectivity index (χ0n) is 18.9. The van der Waals surface area contributed by atoms with Crippen molar-refractivity contribution >= 4 is 21.7 Å². The number of nitrogens with one attached hydrogen (secondary N) is 2. The molecule has 1 fully saturated rings. The van der Waals surface area contributed by atoms with E-state index in [1.165, 1.54) is 24.8 Å². The van der Waals surface area contributed by atoms with Crippen molar-refractivity contribution in [1.82, 2.24) is 20.3 Å². The number of rotatable bonds is 8. The van der Waals surface area contributed by atoms with E-state index in [1.54, 1.807) is 30.6 Å². The fourth-order valence-electron chi connectivity index (χ4n) is 3.70. The number of hydrogen-bond donors (Lipinski definition) is 2. The van der Waals surface area contributed by atoms with E-state index in [9.17, 15) is 13.2 Å². The Morgan fingerprint density at radius 2 is 1.85 bits per heavy atom. The van der Waals surface area contributed by atoms with E-state index in [0.29, 0.717) is 0 Å². The lowest BCUT2D eigenvalue weighted by molar-refractivity contribution is 0.0921. The Bertz CT molecular complexity index is 1230. The van der Waals surface area contributed by atoms with Gasteiger partial charge in [0.15, 0.2) is 5.69 Å². The van der Waals surface area contributed by atoms with Gasteiger partial charge in [-0.05, 0) is 38.0 Å². The van der Waals surface area contributed by atoms with Crippen LogP contribution < -0.4 is 14.8 Å². The van der Waals surface area contributed by atoms with Crippen LogP contribution in [-0.4, -0.2) is 35.3 Å². The number of amides is 1. The molecule has 0 unspecified atom stereocenters. The van der Waals surface area contributed by atoms with Crippen molar-refractivity contribution < 1.29 is 17.9 Å². The van der Waals surface area contributed by atoms with Gasteiger partial charge in [0.1, 0.15) is 6.61 Å². The maximum atomic E-state index is 12.9. The Kier molecular flexibility index (Phi) is 7.36. The van der Waals surface area contributed by atoms with Gasteiger partial charge in [0.2, 0.25) is 5.82 Å². The molecule has 1 saturated carbocycles. The second-order valence-electron chi connectivity index (χ2n) is 8.29. The lowest BCUT2D eigenvalue weighted by Gasteiger charge is -2.22. The summed E-state index contributed by atoms with van der Waals surface area (Å²) in [4.78, 5) is 25.4. The zero-order valence-corrected chi connectivity index (χ0v) is 19.7. The number of anilines is 1. The second kappa shape index (κ2) is 10.6. The monoisotopic (exact) mass is 481 g/mol. The summed E-state index contributed by atoms with van der Waals surface area (Å²) < 4.78 is 34.0. The average Bonchev–Trinajstić information content (AvgIpc) is 2.85. The van der Waals surface area contributed by atoms with Crippen molar-refractivity contribution in [1.29, 1.82) is 0 Å². The number of carbonyl (C=O) groups is 1. The van der Waals surface area contributed by atoms with Gasteiger partial charge in [-0.15, -0.1) is 0 Å². The minimum absolute atomic E-state index is 0.0602. The Labute approximate surface area is 199 Å². The number of carbonyl (C=O) groups excluding carboxylic acids is 1. The molecule has 0 radical (unpaired) electrons. The second-order valence-corrected chi connectivity index (χ2v) is 9.97. The van der Waals surface area contributed by atoms with E-state index in [4.69, 9.17) is 4.74 Å². The Morgan fingerprint density at radius 1 is 1.09 bits per heavy atom. The molecule has 3 aromatic rings. The highest BCUT2D eigenvalue weighted by Crippen LogP contribution is 2.25. The number of aryl methyl sites for hydroxylation is 1. The van der Waals surface area contributed by atoms with Crippen LogP contribution in [-0.2, 0) is 16.6 Å².